The van der Waals surface area contributed by atoms with Crippen LogP contribution < -0.4 is 10.6 Å². The summed E-state index contributed by atoms with van der Waals surface area (Å²) in [5.74, 6) is -2.22. The van der Waals surface area contributed by atoms with Crippen molar-refractivity contribution in [2.24, 2.45) is 5.41 Å². The van der Waals surface area contributed by atoms with Crippen LogP contribution in [0.15, 0.2) is 59.9 Å². The molecule has 8 heteroatoms. The number of aliphatic hydroxyl groups is 1. The average molecular weight is 561 g/mol. The molecule has 222 valence electrons. The number of aryl methyl sites for hydroxylation is 1. The highest BCUT2D eigenvalue weighted by atomic mass is 19.3. The summed E-state index contributed by atoms with van der Waals surface area (Å²) in [7, 11) is 0. The Morgan fingerprint density at radius 3 is 2.48 bits per heavy atom. The molecule has 2 aliphatic rings. The number of ether oxygens (including phenoxy) is 1. The molecule has 1 aliphatic heterocycles. The Kier molecular flexibility index (Phi) is 12.1. The van der Waals surface area contributed by atoms with Crippen molar-refractivity contribution in [3.63, 3.8) is 0 Å². The summed E-state index contributed by atoms with van der Waals surface area (Å²) in [6, 6.07) is 7.99. The van der Waals surface area contributed by atoms with Gasteiger partial charge in [0.15, 0.2) is 0 Å². The Morgan fingerprint density at radius 2 is 1.90 bits per heavy atom. The van der Waals surface area contributed by atoms with Crippen LogP contribution in [-0.2, 0) is 19.9 Å². The third kappa shape index (κ3) is 12.5. The van der Waals surface area contributed by atoms with Crippen molar-refractivity contribution in [2.45, 2.75) is 97.6 Å². The first-order valence-corrected chi connectivity index (χ1v) is 14.0. The van der Waals surface area contributed by atoms with Crippen LogP contribution in [0.1, 0.15) is 84.3 Å². The molecule has 3 rings (SSSR count). The lowest BCUT2D eigenvalue weighted by molar-refractivity contribution is -0.119. The van der Waals surface area contributed by atoms with Gasteiger partial charge in [0.1, 0.15) is 5.76 Å². The molecule has 0 fully saturated rings. The van der Waals surface area contributed by atoms with Gasteiger partial charge in [-0.1, -0.05) is 48.9 Å². The quantitative estimate of drug-likeness (QED) is 0.280. The molecule has 1 aliphatic carbocycles. The summed E-state index contributed by atoms with van der Waals surface area (Å²) in [5.41, 5.74) is 1.97. The van der Waals surface area contributed by atoms with Crippen molar-refractivity contribution in [3.05, 3.63) is 71.0 Å². The fourth-order valence-electron chi connectivity index (χ4n) is 4.47. The normalized spacial score (nSPS) is 20.9. The molecule has 1 aromatic rings. The van der Waals surface area contributed by atoms with Crippen LogP contribution in [0.4, 0.5) is 8.78 Å². The third-order valence-electron chi connectivity index (χ3n) is 7.01. The molecule has 1 heterocycles. The van der Waals surface area contributed by atoms with Crippen LogP contribution in [-0.4, -0.2) is 42.0 Å². The fourth-order valence-corrected chi connectivity index (χ4v) is 4.47. The van der Waals surface area contributed by atoms with E-state index in [0.29, 0.717) is 12.0 Å². The van der Waals surface area contributed by atoms with E-state index in [9.17, 15) is 23.5 Å². The number of benzene rings is 1. The molecule has 6 nitrogen and oxygen atoms in total. The number of hydrogen-bond acceptors (Lipinski definition) is 4. The van der Waals surface area contributed by atoms with Crippen molar-refractivity contribution in [2.75, 3.05) is 13.2 Å². The fraction of sp³-hybridized carbons (Fsp3) is 0.562. The summed E-state index contributed by atoms with van der Waals surface area (Å²) in [4.78, 5) is 23.2. The molecule has 2 unspecified atom stereocenters. The van der Waals surface area contributed by atoms with Crippen molar-refractivity contribution in [1.82, 2.24) is 10.6 Å². The minimum absolute atomic E-state index is 0.0656. The van der Waals surface area contributed by atoms with Gasteiger partial charge in [-0.2, -0.15) is 0 Å². The SMILES string of the molecule is CC(=O)NCC1=CCC(CCC2(C)C=C(OCCCC(C)(F)F)C=CC2)NC1=O.Cc1ccc(C(C)(C)O)cc1. The largest absolute Gasteiger partial charge is 0.494 e. The standard InChI is InChI=1S/C22H32F2N2O3.C10H14O/c1-16(27)25-15-17-7-8-18(26-20(17)28)9-12-21(2)10-4-6-19(14-21)29-13-5-11-22(3,23)24;1-8-4-6-9(7-5-8)10(2,3)11/h4,6-7,14,18H,5,8-13,15H2,1-3H3,(H,25,27)(H,26,28);4-7,11H,1-3H3. The molecule has 0 spiro atoms. The number of alkyl halides is 2. The van der Waals surface area contributed by atoms with E-state index < -0.39 is 11.5 Å². The van der Waals surface area contributed by atoms with Crippen molar-refractivity contribution in [1.29, 1.82) is 0 Å². The van der Waals surface area contributed by atoms with Gasteiger partial charge in [0.25, 0.3) is 0 Å². The maximum atomic E-state index is 12.9. The van der Waals surface area contributed by atoms with Gasteiger partial charge in [0.05, 0.1) is 12.2 Å². The number of carbonyl (C=O) groups excluding carboxylic acids is 2. The maximum absolute atomic E-state index is 12.9. The van der Waals surface area contributed by atoms with Gasteiger partial charge in [-0.3, -0.25) is 9.59 Å². The van der Waals surface area contributed by atoms with Crippen LogP contribution in [0.25, 0.3) is 0 Å². The number of nitrogens with one attached hydrogen (secondary N) is 2. The number of hydrogen-bond donors (Lipinski definition) is 3. The van der Waals surface area contributed by atoms with Crippen molar-refractivity contribution >= 4 is 11.8 Å². The molecule has 1 aromatic carbocycles. The van der Waals surface area contributed by atoms with E-state index in [-0.39, 0.29) is 42.8 Å². The predicted octanol–water partition coefficient (Wildman–Crippen LogP) is 6.24. The van der Waals surface area contributed by atoms with Crippen molar-refractivity contribution in [3.8, 4) is 0 Å². The van der Waals surface area contributed by atoms with E-state index in [1.807, 2.05) is 43.3 Å². The molecule has 2 amide bonds. The summed E-state index contributed by atoms with van der Waals surface area (Å²) in [6.07, 6.45) is 11.4. The van der Waals surface area contributed by atoms with E-state index in [1.165, 1.54) is 12.5 Å². The Balaban J connectivity index is 0.000000425. The second kappa shape index (κ2) is 14.6. The molecule has 0 saturated heterocycles. The third-order valence-corrected chi connectivity index (χ3v) is 7.01. The van der Waals surface area contributed by atoms with E-state index in [0.717, 1.165) is 43.9 Å². The van der Waals surface area contributed by atoms with E-state index in [4.69, 9.17) is 4.74 Å². The van der Waals surface area contributed by atoms with E-state index in [2.05, 4.69) is 29.7 Å². The van der Waals surface area contributed by atoms with Crippen molar-refractivity contribution < 1.29 is 28.2 Å². The molecule has 40 heavy (non-hydrogen) atoms. The minimum atomic E-state index is -2.66. The van der Waals surface area contributed by atoms with Gasteiger partial charge in [-0.25, -0.2) is 8.78 Å². The number of allylic oxidation sites excluding steroid dienone is 3. The zero-order valence-electron chi connectivity index (χ0n) is 24.8. The van der Waals surface area contributed by atoms with Gasteiger partial charge in [0, 0.05) is 31.5 Å². The number of carbonyl (C=O) groups is 2. The molecule has 0 saturated carbocycles. The Hall–Kier alpha value is -3.00. The predicted molar refractivity (Wildman–Crippen MR) is 155 cm³/mol. The smallest absolute Gasteiger partial charge is 0.248 e. The molecule has 2 atom stereocenters. The second-order valence-corrected chi connectivity index (χ2v) is 11.8. The minimum Gasteiger partial charge on any atom is -0.494 e. The molecular weight excluding hydrogens is 514 g/mol. The second-order valence-electron chi connectivity index (χ2n) is 11.8. The van der Waals surface area contributed by atoms with E-state index in [1.54, 1.807) is 13.8 Å². The first-order chi connectivity index (χ1) is 18.6. The van der Waals surface area contributed by atoms with Crippen LogP contribution in [0.3, 0.4) is 0 Å². The topological polar surface area (TPSA) is 87.7 Å². The van der Waals surface area contributed by atoms with Crippen LogP contribution in [0.5, 0.6) is 0 Å². The van der Waals surface area contributed by atoms with Gasteiger partial charge in [-0.15, -0.1) is 0 Å². The summed E-state index contributed by atoms with van der Waals surface area (Å²) in [5, 5.41) is 15.2. The highest BCUT2D eigenvalue weighted by Gasteiger charge is 2.28. The lowest BCUT2D eigenvalue weighted by Crippen LogP contribution is -2.42. The summed E-state index contributed by atoms with van der Waals surface area (Å²) < 4.78 is 31.4. The number of rotatable bonds is 11. The van der Waals surface area contributed by atoms with Crippen LogP contribution in [0.2, 0.25) is 0 Å². The van der Waals surface area contributed by atoms with Crippen LogP contribution in [0, 0.1) is 12.3 Å². The summed E-state index contributed by atoms with van der Waals surface area (Å²) >= 11 is 0. The monoisotopic (exact) mass is 560 g/mol. The molecule has 3 N–H and O–H groups in total. The number of amides is 2. The Bertz CT molecular complexity index is 1080. The lowest BCUT2D eigenvalue weighted by atomic mass is 9.78. The highest BCUT2D eigenvalue weighted by molar-refractivity contribution is 5.95. The lowest BCUT2D eigenvalue weighted by Gasteiger charge is -2.31. The summed E-state index contributed by atoms with van der Waals surface area (Å²) in [6.45, 7) is 10.6. The number of halogens is 2. The maximum Gasteiger partial charge on any atom is 0.248 e. The molecule has 0 aromatic heterocycles. The van der Waals surface area contributed by atoms with Gasteiger partial charge in [0.2, 0.25) is 17.7 Å². The first kappa shape index (κ1) is 33.2. The van der Waals surface area contributed by atoms with Gasteiger partial charge >= 0.3 is 0 Å². The zero-order valence-corrected chi connectivity index (χ0v) is 24.8. The highest BCUT2D eigenvalue weighted by Crippen LogP contribution is 2.36. The molecule has 0 radical (unpaired) electrons. The van der Waals surface area contributed by atoms with E-state index >= 15 is 0 Å². The van der Waals surface area contributed by atoms with Crippen LogP contribution >= 0.6 is 0 Å². The Labute approximate surface area is 238 Å². The van der Waals surface area contributed by atoms with Gasteiger partial charge < -0.3 is 20.5 Å². The average Bonchev–Trinajstić information content (AvgIpc) is 2.84. The molecular formula is C32H46F2N2O4. The zero-order chi connectivity index (χ0) is 30.0. The van der Waals surface area contributed by atoms with Gasteiger partial charge in [-0.05, 0) is 82.9 Å². The molecule has 0 bridgehead atoms. The Morgan fingerprint density at radius 1 is 1.23 bits per heavy atom. The first-order valence-electron chi connectivity index (χ1n) is 14.0.